The number of hydrogen-bond donors (Lipinski definition) is 2. The quantitative estimate of drug-likeness (QED) is 0.408. The fourth-order valence-corrected chi connectivity index (χ4v) is 9.83. The fourth-order valence-electron chi connectivity index (χ4n) is 8.32. The van der Waals surface area contributed by atoms with Crippen LogP contribution < -0.4 is 15.1 Å². The molecule has 2 aromatic carbocycles. The van der Waals surface area contributed by atoms with E-state index in [1.165, 1.54) is 9.21 Å². The van der Waals surface area contributed by atoms with Gasteiger partial charge in [-0.05, 0) is 82.0 Å². The maximum absolute atomic E-state index is 13.6. The number of carbonyl (C=O) groups is 4. The van der Waals surface area contributed by atoms with Crippen molar-refractivity contribution in [3.8, 4) is 0 Å². The molecule has 51 heavy (non-hydrogen) atoms. The van der Waals surface area contributed by atoms with E-state index in [0.29, 0.717) is 37.4 Å². The van der Waals surface area contributed by atoms with Gasteiger partial charge in [0, 0.05) is 99.9 Å². The molecular formula is C36H47N7O7S. The summed E-state index contributed by atoms with van der Waals surface area (Å²) < 4.78 is 28.8. The SMILES string of the molecule is CC(C)(C)N(C(=O)O)C1CCN(S(=O)(=O)c2cccc(N3CC(N4CCN(c5ccc6c(c5)CN(C5CCC(=O)NC5=O)C6=O)CC4)C3)c2)CC1. The van der Waals surface area contributed by atoms with Gasteiger partial charge >= 0.3 is 6.09 Å². The predicted octanol–water partition coefficient (Wildman–Crippen LogP) is 2.39. The maximum atomic E-state index is 13.6. The predicted molar refractivity (Wildman–Crippen MR) is 190 cm³/mol. The lowest BCUT2D eigenvalue weighted by atomic mass is 9.98. The number of carboxylic acid groups (broad SMARTS) is 1. The lowest BCUT2D eigenvalue weighted by Crippen LogP contribution is -2.63. The van der Waals surface area contributed by atoms with Gasteiger partial charge in [0.15, 0.2) is 0 Å². The fraction of sp³-hybridized carbons (Fsp3) is 0.556. The smallest absolute Gasteiger partial charge is 0.407 e. The molecule has 0 bridgehead atoms. The van der Waals surface area contributed by atoms with Gasteiger partial charge in [-0.1, -0.05) is 6.07 Å². The Balaban J connectivity index is 0.909. The van der Waals surface area contributed by atoms with Gasteiger partial charge in [-0.3, -0.25) is 24.6 Å². The summed E-state index contributed by atoms with van der Waals surface area (Å²) in [6.07, 6.45) is 0.507. The number of sulfonamides is 1. The van der Waals surface area contributed by atoms with E-state index in [4.69, 9.17) is 0 Å². The lowest BCUT2D eigenvalue weighted by molar-refractivity contribution is -0.136. The molecule has 2 aromatic rings. The number of fused-ring (bicyclic) bond motifs is 1. The lowest BCUT2D eigenvalue weighted by Gasteiger charge is -2.49. The standard InChI is InChI=1S/C36H47N7O7S/c1-36(2,3)43(35(47)48)25-11-13-41(14-12-25)51(49,50)29-6-4-5-26(20-29)40-22-28(23-40)39-17-15-38(16-18-39)27-7-8-30-24(19-27)21-42(34(30)46)31-9-10-32(44)37-33(31)45/h4-8,19-20,25,28,31H,9-18,21-23H2,1-3H3,(H,47,48)(H,37,44,45). The Morgan fingerprint density at radius 2 is 1.57 bits per heavy atom. The number of rotatable bonds is 7. The van der Waals surface area contributed by atoms with E-state index in [1.807, 2.05) is 39.0 Å². The molecule has 0 radical (unpaired) electrons. The third-order valence-electron chi connectivity index (χ3n) is 11.1. The summed E-state index contributed by atoms with van der Waals surface area (Å²) in [6, 6.07) is 12.5. The van der Waals surface area contributed by atoms with Crippen LogP contribution in [0.15, 0.2) is 47.4 Å². The highest BCUT2D eigenvalue weighted by atomic mass is 32.2. The summed E-state index contributed by atoms with van der Waals surface area (Å²) in [7, 11) is -3.72. The molecule has 4 fully saturated rings. The largest absolute Gasteiger partial charge is 0.465 e. The molecule has 4 amide bonds. The van der Waals surface area contributed by atoms with Gasteiger partial charge in [0.2, 0.25) is 21.8 Å². The van der Waals surface area contributed by atoms with Crippen molar-refractivity contribution in [1.29, 1.82) is 0 Å². The van der Waals surface area contributed by atoms with Crippen molar-refractivity contribution in [2.75, 3.05) is 62.2 Å². The summed E-state index contributed by atoms with van der Waals surface area (Å²) in [5.74, 6) is -0.872. The van der Waals surface area contributed by atoms with Crippen LogP contribution in [-0.2, 0) is 26.2 Å². The number of imide groups is 1. The van der Waals surface area contributed by atoms with E-state index >= 15 is 0 Å². The molecule has 0 spiro atoms. The molecule has 2 N–H and O–H groups in total. The molecule has 4 saturated heterocycles. The zero-order valence-corrected chi connectivity index (χ0v) is 30.3. The normalized spacial score (nSPS) is 22.9. The van der Waals surface area contributed by atoms with Crippen molar-refractivity contribution in [3.05, 3.63) is 53.6 Å². The van der Waals surface area contributed by atoms with Crippen LogP contribution in [0.4, 0.5) is 16.2 Å². The average Bonchev–Trinajstić information content (AvgIpc) is 3.39. The van der Waals surface area contributed by atoms with Crippen molar-refractivity contribution in [3.63, 3.8) is 0 Å². The molecule has 1 atom stereocenters. The van der Waals surface area contributed by atoms with Crippen LogP contribution >= 0.6 is 0 Å². The van der Waals surface area contributed by atoms with Gasteiger partial charge < -0.3 is 24.7 Å². The first kappa shape index (κ1) is 35.2. The molecule has 0 saturated carbocycles. The highest BCUT2D eigenvalue weighted by Gasteiger charge is 2.41. The van der Waals surface area contributed by atoms with Crippen molar-refractivity contribution >= 4 is 45.2 Å². The Hall–Kier alpha value is -4.21. The minimum Gasteiger partial charge on any atom is -0.465 e. The Kier molecular flexibility index (Phi) is 9.25. The van der Waals surface area contributed by atoms with Crippen LogP contribution in [0, 0.1) is 0 Å². The Morgan fingerprint density at radius 3 is 2.22 bits per heavy atom. The summed E-state index contributed by atoms with van der Waals surface area (Å²) >= 11 is 0. The molecule has 5 aliphatic rings. The number of piperidine rings is 2. The highest BCUT2D eigenvalue weighted by molar-refractivity contribution is 7.89. The molecule has 15 heteroatoms. The number of piperazine rings is 1. The molecule has 14 nitrogen and oxygen atoms in total. The van der Waals surface area contributed by atoms with Crippen LogP contribution in [0.5, 0.6) is 0 Å². The maximum Gasteiger partial charge on any atom is 0.407 e. The first-order chi connectivity index (χ1) is 24.2. The highest BCUT2D eigenvalue weighted by Crippen LogP contribution is 2.33. The first-order valence-electron chi connectivity index (χ1n) is 17.8. The molecule has 5 aliphatic heterocycles. The van der Waals surface area contributed by atoms with E-state index < -0.39 is 33.6 Å². The molecule has 274 valence electrons. The number of hydrogen-bond acceptors (Lipinski definition) is 9. The zero-order valence-electron chi connectivity index (χ0n) is 29.5. The molecular weight excluding hydrogens is 675 g/mol. The Morgan fingerprint density at radius 1 is 0.882 bits per heavy atom. The van der Waals surface area contributed by atoms with Crippen LogP contribution in [0.1, 0.15) is 62.4 Å². The first-order valence-corrected chi connectivity index (χ1v) is 19.3. The number of carbonyl (C=O) groups excluding carboxylic acids is 3. The minimum absolute atomic E-state index is 0.168. The van der Waals surface area contributed by atoms with Crippen LogP contribution in [-0.4, -0.2) is 132 Å². The van der Waals surface area contributed by atoms with Crippen molar-refractivity contribution in [2.45, 2.75) is 81.6 Å². The Labute approximate surface area is 299 Å². The number of nitrogens with zero attached hydrogens (tertiary/aromatic N) is 6. The van der Waals surface area contributed by atoms with Crippen LogP contribution in [0.3, 0.4) is 0 Å². The molecule has 0 aromatic heterocycles. The van der Waals surface area contributed by atoms with Gasteiger partial charge in [0.1, 0.15) is 6.04 Å². The number of benzene rings is 2. The van der Waals surface area contributed by atoms with Crippen molar-refractivity contribution < 1.29 is 32.7 Å². The summed E-state index contributed by atoms with van der Waals surface area (Å²) in [5, 5.41) is 12.1. The van der Waals surface area contributed by atoms with Gasteiger partial charge in [0.05, 0.1) is 4.90 Å². The van der Waals surface area contributed by atoms with E-state index in [2.05, 4.69) is 26.1 Å². The molecule has 1 unspecified atom stereocenters. The molecule has 0 aliphatic carbocycles. The van der Waals surface area contributed by atoms with Gasteiger partial charge in [-0.15, -0.1) is 0 Å². The second-order valence-electron chi connectivity index (χ2n) is 15.3. The summed E-state index contributed by atoms with van der Waals surface area (Å²) in [5.41, 5.74) is 2.88. The number of amides is 4. The Bertz CT molecular complexity index is 1820. The van der Waals surface area contributed by atoms with E-state index in [1.54, 1.807) is 23.1 Å². The zero-order chi connectivity index (χ0) is 36.2. The summed E-state index contributed by atoms with van der Waals surface area (Å²) in [4.78, 5) is 59.4. The van der Waals surface area contributed by atoms with Gasteiger partial charge in [-0.25, -0.2) is 13.2 Å². The monoisotopic (exact) mass is 721 g/mol. The second-order valence-corrected chi connectivity index (χ2v) is 17.2. The minimum atomic E-state index is -3.72. The van der Waals surface area contributed by atoms with Crippen molar-refractivity contribution in [2.24, 2.45) is 0 Å². The van der Waals surface area contributed by atoms with E-state index in [-0.39, 0.29) is 42.3 Å². The average molecular weight is 722 g/mol. The molecule has 7 rings (SSSR count). The van der Waals surface area contributed by atoms with Gasteiger partial charge in [0.25, 0.3) is 5.91 Å². The summed E-state index contributed by atoms with van der Waals surface area (Å²) in [6.45, 7) is 11.6. The van der Waals surface area contributed by atoms with Crippen molar-refractivity contribution in [1.82, 2.24) is 24.3 Å². The molecule has 5 heterocycles. The number of anilines is 2. The topological polar surface area (TPSA) is 154 Å². The van der Waals surface area contributed by atoms with E-state index in [9.17, 15) is 32.7 Å². The second kappa shape index (κ2) is 13.4. The van der Waals surface area contributed by atoms with Gasteiger partial charge in [-0.2, -0.15) is 4.31 Å². The third kappa shape index (κ3) is 6.78. The van der Waals surface area contributed by atoms with Crippen LogP contribution in [0.25, 0.3) is 0 Å². The van der Waals surface area contributed by atoms with E-state index in [0.717, 1.165) is 56.2 Å². The number of nitrogens with one attached hydrogen (secondary N) is 1. The third-order valence-corrected chi connectivity index (χ3v) is 13.0. The van der Waals surface area contributed by atoms with Crippen LogP contribution in [0.2, 0.25) is 0 Å².